The molecule has 0 atom stereocenters. The Bertz CT molecular complexity index is 886. The molecule has 0 bridgehead atoms. The summed E-state index contributed by atoms with van der Waals surface area (Å²) in [7, 11) is 0. The first-order chi connectivity index (χ1) is 14.4. The number of non-ortho nitro benzene ring substituents is 1. The van der Waals surface area contributed by atoms with E-state index in [0.29, 0.717) is 37.1 Å². The molecule has 0 spiro atoms. The topological polar surface area (TPSA) is 129 Å². The molecule has 0 aromatic heterocycles. The molecule has 0 aliphatic rings. The second kappa shape index (κ2) is 10.6. The largest absolute Gasteiger partial charge is 0.490 e. The molecule has 0 saturated heterocycles. The normalized spacial score (nSPS) is 10.1. The van der Waals surface area contributed by atoms with Gasteiger partial charge >= 0.3 is 0 Å². The van der Waals surface area contributed by atoms with Crippen LogP contribution in [-0.2, 0) is 0 Å². The predicted molar refractivity (Wildman–Crippen MR) is 108 cm³/mol. The highest BCUT2D eigenvalue weighted by Gasteiger charge is 2.19. The molecule has 10 heteroatoms. The SMILES string of the molecule is CCOc1cc(C(=O)NNC(=O)c2ccc([N+](=O)[O-])cc2)cc(OCC)c1OCC. The molecular weight excluding hydrogens is 394 g/mol. The van der Waals surface area contributed by atoms with Crippen molar-refractivity contribution >= 4 is 17.5 Å². The molecule has 2 N–H and O–H groups in total. The summed E-state index contributed by atoms with van der Waals surface area (Å²) >= 11 is 0. The Morgan fingerprint density at radius 3 is 1.73 bits per heavy atom. The predicted octanol–water partition coefficient (Wildman–Crippen LogP) is 2.87. The first kappa shape index (κ1) is 22.5. The number of benzene rings is 2. The van der Waals surface area contributed by atoms with Gasteiger partial charge < -0.3 is 14.2 Å². The summed E-state index contributed by atoms with van der Waals surface area (Å²) in [4.78, 5) is 34.8. The van der Waals surface area contributed by atoms with Crippen molar-refractivity contribution in [3.8, 4) is 17.2 Å². The number of rotatable bonds is 9. The fourth-order valence-electron chi connectivity index (χ4n) is 2.51. The number of hydrogen-bond acceptors (Lipinski definition) is 7. The number of nitrogens with one attached hydrogen (secondary N) is 2. The van der Waals surface area contributed by atoms with Crippen LogP contribution in [0.2, 0.25) is 0 Å². The molecule has 0 fully saturated rings. The van der Waals surface area contributed by atoms with E-state index >= 15 is 0 Å². The standard InChI is InChI=1S/C20H23N3O7/c1-4-28-16-11-14(12-17(29-5-2)18(16)30-6-3)20(25)22-21-19(24)13-7-9-15(10-8-13)23(26)27/h7-12H,4-6H2,1-3H3,(H,21,24)(H,22,25). The Morgan fingerprint density at radius 2 is 1.30 bits per heavy atom. The van der Waals surface area contributed by atoms with Gasteiger partial charge in [-0.05, 0) is 45.0 Å². The lowest BCUT2D eigenvalue weighted by Crippen LogP contribution is -2.41. The molecule has 160 valence electrons. The number of amides is 2. The van der Waals surface area contributed by atoms with E-state index < -0.39 is 16.7 Å². The Morgan fingerprint density at radius 1 is 0.833 bits per heavy atom. The van der Waals surface area contributed by atoms with Crippen LogP contribution >= 0.6 is 0 Å². The molecule has 10 nitrogen and oxygen atoms in total. The second-order valence-corrected chi connectivity index (χ2v) is 5.81. The molecule has 30 heavy (non-hydrogen) atoms. The number of nitrogens with zero attached hydrogens (tertiary/aromatic N) is 1. The van der Waals surface area contributed by atoms with Gasteiger partial charge in [0.25, 0.3) is 17.5 Å². The van der Waals surface area contributed by atoms with Crippen LogP contribution in [0.1, 0.15) is 41.5 Å². The zero-order valence-corrected chi connectivity index (χ0v) is 16.9. The lowest BCUT2D eigenvalue weighted by Gasteiger charge is -2.17. The van der Waals surface area contributed by atoms with E-state index in [2.05, 4.69) is 10.9 Å². The lowest BCUT2D eigenvalue weighted by atomic mass is 10.1. The second-order valence-electron chi connectivity index (χ2n) is 5.81. The van der Waals surface area contributed by atoms with Crippen molar-refractivity contribution in [2.75, 3.05) is 19.8 Å². The van der Waals surface area contributed by atoms with Crippen molar-refractivity contribution < 1.29 is 28.7 Å². The van der Waals surface area contributed by atoms with Crippen LogP contribution in [0.25, 0.3) is 0 Å². The van der Waals surface area contributed by atoms with Crippen LogP contribution in [0.4, 0.5) is 5.69 Å². The van der Waals surface area contributed by atoms with Crippen molar-refractivity contribution in [1.82, 2.24) is 10.9 Å². The van der Waals surface area contributed by atoms with Crippen LogP contribution in [0.3, 0.4) is 0 Å². The monoisotopic (exact) mass is 417 g/mol. The van der Waals surface area contributed by atoms with Gasteiger partial charge in [-0.25, -0.2) is 0 Å². The van der Waals surface area contributed by atoms with Gasteiger partial charge in [0.15, 0.2) is 11.5 Å². The first-order valence-corrected chi connectivity index (χ1v) is 9.32. The zero-order chi connectivity index (χ0) is 22.1. The summed E-state index contributed by atoms with van der Waals surface area (Å²) in [5, 5.41) is 10.7. The molecule has 2 amide bonds. The maximum atomic E-state index is 12.5. The summed E-state index contributed by atoms with van der Waals surface area (Å²) in [6.45, 7) is 6.51. The fourth-order valence-corrected chi connectivity index (χ4v) is 2.51. The highest BCUT2D eigenvalue weighted by Crippen LogP contribution is 2.39. The number of nitro groups is 1. The summed E-state index contributed by atoms with van der Waals surface area (Å²) in [6.07, 6.45) is 0. The lowest BCUT2D eigenvalue weighted by molar-refractivity contribution is -0.384. The van der Waals surface area contributed by atoms with Gasteiger partial charge in [0.1, 0.15) is 0 Å². The van der Waals surface area contributed by atoms with Crippen molar-refractivity contribution in [2.45, 2.75) is 20.8 Å². The van der Waals surface area contributed by atoms with Gasteiger partial charge in [-0.2, -0.15) is 0 Å². The molecule has 2 aromatic rings. The van der Waals surface area contributed by atoms with Crippen molar-refractivity contribution in [3.05, 3.63) is 57.6 Å². The average Bonchev–Trinajstić information content (AvgIpc) is 2.74. The van der Waals surface area contributed by atoms with E-state index in [0.717, 1.165) is 0 Å². The molecule has 0 aliphatic heterocycles. The van der Waals surface area contributed by atoms with Crippen LogP contribution in [-0.4, -0.2) is 36.6 Å². The third kappa shape index (κ3) is 5.60. The molecule has 0 saturated carbocycles. The van der Waals surface area contributed by atoms with E-state index in [4.69, 9.17) is 14.2 Å². The number of carbonyl (C=O) groups excluding carboxylic acids is 2. The number of hydrazine groups is 1. The van der Waals surface area contributed by atoms with Gasteiger partial charge in [-0.15, -0.1) is 0 Å². The van der Waals surface area contributed by atoms with Crippen LogP contribution in [0.15, 0.2) is 36.4 Å². The van der Waals surface area contributed by atoms with E-state index in [9.17, 15) is 19.7 Å². The molecule has 0 radical (unpaired) electrons. The summed E-state index contributed by atoms with van der Waals surface area (Å²) in [5.74, 6) is -0.142. The Kier molecular flexibility index (Phi) is 7.98. The van der Waals surface area contributed by atoms with E-state index in [-0.39, 0.29) is 16.8 Å². The maximum Gasteiger partial charge on any atom is 0.269 e. The van der Waals surface area contributed by atoms with Gasteiger partial charge in [0.05, 0.1) is 24.7 Å². The quantitative estimate of drug-likeness (QED) is 0.474. The highest BCUT2D eigenvalue weighted by atomic mass is 16.6. The van der Waals surface area contributed by atoms with Crippen molar-refractivity contribution in [3.63, 3.8) is 0 Å². The van der Waals surface area contributed by atoms with Crippen molar-refractivity contribution in [2.24, 2.45) is 0 Å². The minimum Gasteiger partial charge on any atom is -0.490 e. The molecule has 0 heterocycles. The number of ether oxygens (including phenoxy) is 3. The molecule has 2 rings (SSSR count). The van der Waals surface area contributed by atoms with Gasteiger partial charge in [-0.3, -0.25) is 30.6 Å². The summed E-state index contributed by atoms with van der Waals surface area (Å²) in [6, 6.07) is 7.96. The minimum absolute atomic E-state index is 0.142. The van der Waals surface area contributed by atoms with Crippen LogP contribution < -0.4 is 25.1 Å². The number of carbonyl (C=O) groups is 2. The number of hydrogen-bond donors (Lipinski definition) is 2. The molecule has 0 aliphatic carbocycles. The molecular formula is C20H23N3O7. The first-order valence-electron chi connectivity index (χ1n) is 9.32. The van der Waals surface area contributed by atoms with Gasteiger partial charge in [0.2, 0.25) is 5.75 Å². The Hall–Kier alpha value is -3.82. The zero-order valence-electron chi connectivity index (χ0n) is 16.9. The average molecular weight is 417 g/mol. The van der Waals surface area contributed by atoms with Crippen LogP contribution in [0, 0.1) is 10.1 Å². The third-order valence-electron chi connectivity index (χ3n) is 3.80. The van der Waals surface area contributed by atoms with Crippen molar-refractivity contribution in [1.29, 1.82) is 0 Å². The van der Waals surface area contributed by atoms with E-state index in [1.54, 1.807) is 13.8 Å². The summed E-state index contributed by atoms with van der Waals surface area (Å²) in [5.41, 5.74) is 4.77. The smallest absolute Gasteiger partial charge is 0.269 e. The van der Waals surface area contributed by atoms with Crippen LogP contribution in [0.5, 0.6) is 17.2 Å². The Labute approximate surface area is 173 Å². The third-order valence-corrected chi connectivity index (χ3v) is 3.80. The van der Waals surface area contributed by atoms with E-state index in [1.165, 1.54) is 36.4 Å². The summed E-state index contributed by atoms with van der Waals surface area (Å²) < 4.78 is 16.7. The highest BCUT2D eigenvalue weighted by molar-refractivity contribution is 5.99. The van der Waals surface area contributed by atoms with Gasteiger partial charge in [-0.1, -0.05) is 0 Å². The van der Waals surface area contributed by atoms with Gasteiger partial charge in [0, 0.05) is 23.3 Å². The number of nitro benzene ring substituents is 1. The Balaban J connectivity index is 2.16. The fraction of sp³-hybridized carbons (Fsp3) is 0.300. The molecule has 0 unspecified atom stereocenters. The minimum atomic E-state index is -0.626. The van der Waals surface area contributed by atoms with E-state index in [1.807, 2.05) is 6.92 Å². The maximum absolute atomic E-state index is 12.5. The molecule has 2 aromatic carbocycles.